The zero-order valence-corrected chi connectivity index (χ0v) is 17.9. The second kappa shape index (κ2) is 9.51. The number of hydrogen-bond acceptors (Lipinski definition) is 9. The van der Waals surface area contributed by atoms with E-state index < -0.39 is 24.0 Å². The molecule has 0 unspecified atom stereocenters. The molecule has 1 heterocycles. The van der Waals surface area contributed by atoms with E-state index in [2.05, 4.69) is 0 Å². The molecule has 0 radical (unpaired) electrons. The Balaban J connectivity index is 2.07. The minimum absolute atomic E-state index is 0.143. The van der Waals surface area contributed by atoms with Gasteiger partial charge in [-0.05, 0) is 35.4 Å². The maximum Gasteiger partial charge on any atom is 0.200 e. The molecule has 31 heavy (non-hydrogen) atoms. The Morgan fingerprint density at radius 1 is 0.645 bits per heavy atom. The summed E-state index contributed by atoms with van der Waals surface area (Å²) in [5, 5.41) is 40.7. The van der Waals surface area contributed by atoms with E-state index in [1.165, 1.54) is 28.4 Å². The summed E-state index contributed by atoms with van der Waals surface area (Å²) in [6.07, 6.45) is -1.25. The van der Waals surface area contributed by atoms with Gasteiger partial charge in [-0.15, -0.1) is 0 Å². The highest BCUT2D eigenvalue weighted by Crippen LogP contribution is 2.52. The van der Waals surface area contributed by atoms with E-state index in [0.29, 0.717) is 11.1 Å². The molecule has 1 fully saturated rings. The number of ether oxygens (including phenoxy) is 5. The van der Waals surface area contributed by atoms with Gasteiger partial charge >= 0.3 is 0 Å². The van der Waals surface area contributed by atoms with Gasteiger partial charge in [0.05, 0.1) is 40.6 Å². The van der Waals surface area contributed by atoms with E-state index in [0.717, 1.165) is 0 Å². The summed E-state index contributed by atoms with van der Waals surface area (Å²) in [6.45, 7) is -0.492. The number of phenols is 2. The van der Waals surface area contributed by atoms with E-state index >= 15 is 0 Å². The van der Waals surface area contributed by atoms with Crippen LogP contribution >= 0.6 is 0 Å². The van der Waals surface area contributed by atoms with Crippen LogP contribution in [-0.4, -0.2) is 62.1 Å². The molecule has 2 aromatic carbocycles. The first-order chi connectivity index (χ1) is 14.9. The van der Waals surface area contributed by atoms with Crippen molar-refractivity contribution < 1.29 is 44.1 Å². The number of aliphatic hydroxyl groups excluding tert-OH is 2. The second-order valence-electron chi connectivity index (χ2n) is 7.22. The van der Waals surface area contributed by atoms with Crippen molar-refractivity contribution in [3.8, 4) is 34.5 Å². The van der Waals surface area contributed by atoms with E-state index in [9.17, 15) is 20.4 Å². The Labute approximate surface area is 180 Å². The number of methoxy groups -OCH3 is 4. The Morgan fingerprint density at radius 3 is 1.16 bits per heavy atom. The molecule has 9 nitrogen and oxygen atoms in total. The minimum atomic E-state index is -0.624. The minimum Gasteiger partial charge on any atom is -0.502 e. The number of aromatic hydroxyl groups is 2. The predicted octanol–water partition coefficient (Wildman–Crippen LogP) is 2.16. The van der Waals surface area contributed by atoms with Gasteiger partial charge in [0.1, 0.15) is 0 Å². The highest BCUT2D eigenvalue weighted by atomic mass is 16.5. The van der Waals surface area contributed by atoms with Gasteiger partial charge in [0, 0.05) is 25.0 Å². The van der Waals surface area contributed by atoms with Crippen molar-refractivity contribution >= 4 is 0 Å². The molecule has 1 aliphatic heterocycles. The summed E-state index contributed by atoms with van der Waals surface area (Å²) in [6, 6.07) is 6.44. The van der Waals surface area contributed by atoms with E-state index in [1.807, 2.05) is 0 Å². The molecule has 1 saturated heterocycles. The molecule has 1 aliphatic rings. The van der Waals surface area contributed by atoms with Gasteiger partial charge in [0.2, 0.25) is 11.5 Å². The van der Waals surface area contributed by atoms with Crippen LogP contribution in [0.25, 0.3) is 0 Å². The largest absolute Gasteiger partial charge is 0.502 e. The van der Waals surface area contributed by atoms with Crippen LogP contribution in [-0.2, 0) is 4.74 Å². The van der Waals surface area contributed by atoms with Gasteiger partial charge < -0.3 is 44.1 Å². The van der Waals surface area contributed by atoms with E-state index in [1.54, 1.807) is 24.3 Å². The maximum absolute atomic E-state index is 10.2. The lowest BCUT2D eigenvalue weighted by molar-refractivity contribution is 0.0180. The Hall–Kier alpha value is -2.88. The monoisotopic (exact) mass is 436 g/mol. The summed E-state index contributed by atoms with van der Waals surface area (Å²) in [5.41, 5.74) is 1.23. The normalized spacial score (nSPS) is 22.9. The lowest BCUT2D eigenvalue weighted by atomic mass is 9.83. The van der Waals surface area contributed by atoms with Crippen LogP contribution in [0.5, 0.6) is 34.5 Å². The smallest absolute Gasteiger partial charge is 0.200 e. The zero-order chi connectivity index (χ0) is 22.7. The molecule has 4 N–H and O–H groups in total. The van der Waals surface area contributed by atoms with Gasteiger partial charge in [-0.3, -0.25) is 0 Å². The van der Waals surface area contributed by atoms with Crippen molar-refractivity contribution in [3.05, 3.63) is 35.4 Å². The van der Waals surface area contributed by atoms with Crippen LogP contribution in [0, 0.1) is 11.8 Å². The van der Waals surface area contributed by atoms with Crippen molar-refractivity contribution in [2.24, 2.45) is 11.8 Å². The van der Waals surface area contributed by atoms with Gasteiger partial charge in [-0.2, -0.15) is 0 Å². The van der Waals surface area contributed by atoms with Crippen LogP contribution in [0.3, 0.4) is 0 Å². The topological polar surface area (TPSA) is 127 Å². The molecule has 170 valence electrons. The Morgan fingerprint density at radius 2 is 0.935 bits per heavy atom. The van der Waals surface area contributed by atoms with E-state index in [4.69, 9.17) is 23.7 Å². The first-order valence-corrected chi connectivity index (χ1v) is 9.70. The van der Waals surface area contributed by atoms with Gasteiger partial charge in [-0.25, -0.2) is 0 Å². The number of rotatable bonds is 8. The van der Waals surface area contributed by atoms with Gasteiger partial charge in [0.15, 0.2) is 23.0 Å². The number of phenolic OH excluding ortho intramolecular Hbond substituents is 2. The molecule has 2 aromatic rings. The van der Waals surface area contributed by atoms with Crippen molar-refractivity contribution in [1.82, 2.24) is 0 Å². The molecule has 9 heteroatoms. The van der Waals surface area contributed by atoms with Crippen LogP contribution < -0.4 is 18.9 Å². The summed E-state index contributed by atoms with van der Waals surface area (Å²) in [5.74, 6) is -0.401. The molecular formula is C22H28O9. The third-order valence-corrected chi connectivity index (χ3v) is 5.70. The first-order valence-electron chi connectivity index (χ1n) is 9.70. The SMILES string of the molecule is COc1cc([C@H]2O[C@@H](c3cc(OC)c(O)c(OC)c3)[C@H](CO)[C@H]2CO)cc(OC)c1O. The molecule has 0 bridgehead atoms. The highest BCUT2D eigenvalue weighted by Gasteiger charge is 2.46. The molecule has 0 amide bonds. The van der Waals surface area contributed by atoms with Crippen molar-refractivity contribution in [1.29, 1.82) is 0 Å². The third-order valence-electron chi connectivity index (χ3n) is 5.70. The lowest BCUT2D eigenvalue weighted by Crippen LogP contribution is -2.23. The molecule has 4 atom stereocenters. The maximum atomic E-state index is 10.2. The fraction of sp³-hybridized carbons (Fsp3) is 0.455. The molecule has 3 rings (SSSR count). The van der Waals surface area contributed by atoms with Crippen LogP contribution in [0.4, 0.5) is 0 Å². The lowest BCUT2D eigenvalue weighted by Gasteiger charge is -2.22. The molecular weight excluding hydrogens is 408 g/mol. The number of benzene rings is 2. The summed E-state index contributed by atoms with van der Waals surface area (Å²) >= 11 is 0. The van der Waals surface area contributed by atoms with Gasteiger partial charge in [-0.1, -0.05) is 0 Å². The van der Waals surface area contributed by atoms with Crippen molar-refractivity contribution in [2.75, 3.05) is 41.7 Å². The molecule has 0 aromatic heterocycles. The fourth-order valence-electron chi connectivity index (χ4n) is 4.08. The molecule has 0 aliphatic carbocycles. The zero-order valence-electron chi connectivity index (χ0n) is 17.9. The Kier molecular flexibility index (Phi) is 6.99. The second-order valence-corrected chi connectivity index (χ2v) is 7.22. The summed E-state index contributed by atoms with van der Waals surface area (Å²) in [4.78, 5) is 0. The third kappa shape index (κ3) is 4.04. The predicted molar refractivity (Wildman–Crippen MR) is 110 cm³/mol. The van der Waals surface area contributed by atoms with Crippen LogP contribution in [0.15, 0.2) is 24.3 Å². The summed E-state index contributed by atoms with van der Waals surface area (Å²) < 4.78 is 27.3. The summed E-state index contributed by atoms with van der Waals surface area (Å²) in [7, 11) is 5.69. The molecule has 0 spiro atoms. The van der Waals surface area contributed by atoms with Crippen LogP contribution in [0.2, 0.25) is 0 Å². The average molecular weight is 436 g/mol. The standard InChI is InChI=1S/C22H28O9/c1-27-15-5-11(6-16(28-2)19(15)25)21-13(9-23)14(10-24)22(31-21)12-7-17(29-3)20(26)18(8-12)30-4/h5-8,13-14,21-26H,9-10H2,1-4H3/t13-,14-,21-,22+/m1/s1. The van der Waals surface area contributed by atoms with Gasteiger partial charge in [0.25, 0.3) is 0 Å². The first kappa shape index (κ1) is 22.8. The van der Waals surface area contributed by atoms with E-state index in [-0.39, 0.29) is 47.7 Å². The highest BCUT2D eigenvalue weighted by molar-refractivity contribution is 5.55. The average Bonchev–Trinajstić information content (AvgIpc) is 3.18. The number of hydrogen-bond donors (Lipinski definition) is 4. The quantitative estimate of drug-likeness (QED) is 0.492. The van der Waals surface area contributed by atoms with Crippen LogP contribution in [0.1, 0.15) is 23.3 Å². The number of aliphatic hydroxyl groups is 2. The fourth-order valence-corrected chi connectivity index (χ4v) is 4.08. The molecule has 0 saturated carbocycles. The Bertz CT molecular complexity index is 790. The van der Waals surface area contributed by atoms with Crippen molar-refractivity contribution in [2.45, 2.75) is 12.2 Å². The van der Waals surface area contributed by atoms with Crippen molar-refractivity contribution in [3.63, 3.8) is 0 Å².